The van der Waals surface area contributed by atoms with Gasteiger partial charge in [-0.25, -0.2) is 0 Å². The lowest BCUT2D eigenvalue weighted by Crippen LogP contribution is -2.40. The van der Waals surface area contributed by atoms with Crippen molar-refractivity contribution in [2.45, 2.75) is 6.04 Å². The van der Waals surface area contributed by atoms with Gasteiger partial charge in [0.25, 0.3) is 0 Å². The first-order valence-electron chi connectivity index (χ1n) is 5.75. The topological polar surface area (TPSA) is 89.2 Å². The summed E-state index contributed by atoms with van der Waals surface area (Å²) in [6.07, 6.45) is 4.95. The van der Waals surface area contributed by atoms with Gasteiger partial charge < -0.3 is 15.1 Å². The van der Waals surface area contributed by atoms with E-state index in [1.54, 1.807) is 41.5 Å². The van der Waals surface area contributed by atoms with Gasteiger partial charge in [0.05, 0.1) is 6.26 Å². The van der Waals surface area contributed by atoms with Crippen LogP contribution in [-0.4, -0.2) is 35.2 Å². The second-order valence-corrected chi connectivity index (χ2v) is 3.81. The van der Waals surface area contributed by atoms with Crippen molar-refractivity contribution in [3.8, 4) is 0 Å². The fraction of sp³-hybridized carbons (Fsp3) is 0.250. The molecule has 0 aliphatic heterocycles. The SMILES string of the molecule is CNC(=O)C(=O)NCC(c1ccco1)n1cccn1. The first-order valence-corrected chi connectivity index (χ1v) is 5.75. The third kappa shape index (κ3) is 3.01. The van der Waals surface area contributed by atoms with Crippen molar-refractivity contribution in [3.05, 3.63) is 42.6 Å². The molecule has 0 saturated heterocycles. The van der Waals surface area contributed by atoms with E-state index >= 15 is 0 Å². The minimum Gasteiger partial charge on any atom is -0.467 e. The second-order valence-electron chi connectivity index (χ2n) is 3.81. The Morgan fingerprint density at radius 3 is 2.84 bits per heavy atom. The molecule has 0 aliphatic rings. The molecule has 100 valence electrons. The fourth-order valence-electron chi connectivity index (χ4n) is 1.65. The van der Waals surface area contributed by atoms with Gasteiger partial charge in [0.1, 0.15) is 11.8 Å². The Balaban J connectivity index is 2.08. The van der Waals surface area contributed by atoms with Gasteiger partial charge in [-0.15, -0.1) is 0 Å². The van der Waals surface area contributed by atoms with E-state index in [0.29, 0.717) is 5.76 Å². The molecule has 0 bridgehead atoms. The number of hydrogen-bond acceptors (Lipinski definition) is 4. The summed E-state index contributed by atoms with van der Waals surface area (Å²) >= 11 is 0. The Hall–Kier alpha value is -2.57. The van der Waals surface area contributed by atoms with Gasteiger partial charge in [0.15, 0.2) is 0 Å². The van der Waals surface area contributed by atoms with Crippen LogP contribution in [-0.2, 0) is 9.59 Å². The monoisotopic (exact) mass is 262 g/mol. The van der Waals surface area contributed by atoms with E-state index in [-0.39, 0.29) is 12.6 Å². The van der Waals surface area contributed by atoms with Crippen LogP contribution in [0.4, 0.5) is 0 Å². The number of likely N-dealkylation sites (N-methyl/N-ethyl adjacent to an activating group) is 1. The van der Waals surface area contributed by atoms with Gasteiger partial charge in [0, 0.05) is 26.0 Å². The van der Waals surface area contributed by atoms with Crippen molar-refractivity contribution < 1.29 is 14.0 Å². The van der Waals surface area contributed by atoms with Gasteiger partial charge in [0.2, 0.25) is 0 Å². The van der Waals surface area contributed by atoms with E-state index < -0.39 is 11.8 Å². The Labute approximate surface area is 109 Å². The summed E-state index contributed by atoms with van der Waals surface area (Å²) in [4.78, 5) is 22.6. The number of furan rings is 1. The summed E-state index contributed by atoms with van der Waals surface area (Å²) < 4.78 is 6.98. The Morgan fingerprint density at radius 1 is 1.42 bits per heavy atom. The van der Waals surface area contributed by atoms with Crippen LogP contribution in [0.25, 0.3) is 0 Å². The maximum atomic E-state index is 11.4. The smallest absolute Gasteiger partial charge is 0.309 e. The van der Waals surface area contributed by atoms with Gasteiger partial charge in [-0.3, -0.25) is 14.3 Å². The van der Waals surface area contributed by atoms with Crippen LogP contribution in [0.15, 0.2) is 41.3 Å². The highest BCUT2D eigenvalue weighted by atomic mass is 16.3. The average Bonchev–Trinajstić information content (AvgIpc) is 3.11. The number of aromatic nitrogens is 2. The molecule has 2 N–H and O–H groups in total. The molecule has 2 heterocycles. The number of carbonyl (C=O) groups excluding carboxylic acids is 2. The molecule has 2 amide bonds. The Bertz CT molecular complexity index is 499. The standard InChI is InChI=1S/C12H14N4O3/c1-13-11(17)12(18)14-8-9(10-4-2-7-19-10)16-6-3-5-15-16/h2-7,9H,8H2,1H3,(H,13,17)(H,14,18). The lowest BCUT2D eigenvalue weighted by molar-refractivity contribution is -0.138. The summed E-state index contributed by atoms with van der Waals surface area (Å²) in [5, 5.41) is 8.92. The molecule has 0 saturated carbocycles. The lowest BCUT2D eigenvalue weighted by Gasteiger charge is -2.15. The Morgan fingerprint density at radius 2 is 2.26 bits per heavy atom. The minimum absolute atomic E-state index is 0.210. The molecular formula is C12H14N4O3. The quantitative estimate of drug-likeness (QED) is 0.755. The van der Waals surface area contributed by atoms with Crippen molar-refractivity contribution in [3.63, 3.8) is 0 Å². The van der Waals surface area contributed by atoms with Gasteiger partial charge in [-0.05, 0) is 18.2 Å². The summed E-state index contributed by atoms with van der Waals surface area (Å²) in [6.45, 7) is 0.210. The first-order chi connectivity index (χ1) is 9.22. The van der Waals surface area contributed by atoms with Crippen molar-refractivity contribution in [1.29, 1.82) is 0 Å². The Kier molecular flexibility index (Phi) is 3.97. The van der Waals surface area contributed by atoms with E-state index in [2.05, 4.69) is 15.7 Å². The number of amides is 2. The predicted molar refractivity (Wildman–Crippen MR) is 66.2 cm³/mol. The highest BCUT2D eigenvalue weighted by molar-refractivity contribution is 6.35. The highest BCUT2D eigenvalue weighted by Gasteiger charge is 2.19. The number of nitrogens with zero attached hydrogens (tertiary/aromatic N) is 2. The zero-order valence-electron chi connectivity index (χ0n) is 10.4. The average molecular weight is 262 g/mol. The molecule has 0 radical (unpaired) electrons. The number of nitrogens with one attached hydrogen (secondary N) is 2. The van der Waals surface area contributed by atoms with E-state index in [0.717, 1.165) is 0 Å². The van der Waals surface area contributed by atoms with Crippen LogP contribution in [0.2, 0.25) is 0 Å². The maximum Gasteiger partial charge on any atom is 0.309 e. The summed E-state index contributed by atoms with van der Waals surface area (Å²) in [7, 11) is 1.40. The largest absolute Gasteiger partial charge is 0.467 e. The zero-order valence-corrected chi connectivity index (χ0v) is 10.4. The fourth-order valence-corrected chi connectivity index (χ4v) is 1.65. The second kappa shape index (κ2) is 5.85. The predicted octanol–water partition coefficient (Wildman–Crippen LogP) is -0.0723. The van der Waals surface area contributed by atoms with Gasteiger partial charge in [-0.1, -0.05) is 0 Å². The van der Waals surface area contributed by atoms with Crippen molar-refractivity contribution in [2.75, 3.05) is 13.6 Å². The summed E-state index contributed by atoms with van der Waals surface area (Å²) in [5.74, 6) is -0.717. The molecule has 2 aromatic heterocycles. The zero-order chi connectivity index (χ0) is 13.7. The van der Waals surface area contributed by atoms with Crippen molar-refractivity contribution in [1.82, 2.24) is 20.4 Å². The maximum absolute atomic E-state index is 11.4. The third-order valence-electron chi connectivity index (χ3n) is 2.61. The van der Waals surface area contributed by atoms with Gasteiger partial charge >= 0.3 is 11.8 Å². The van der Waals surface area contributed by atoms with E-state index in [1.165, 1.54) is 7.05 Å². The molecule has 1 atom stereocenters. The lowest BCUT2D eigenvalue weighted by atomic mass is 10.2. The molecule has 19 heavy (non-hydrogen) atoms. The molecule has 0 spiro atoms. The molecular weight excluding hydrogens is 248 g/mol. The van der Waals surface area contributed by atoms with E-state index in [4.69, 9.17) is 4.42 Å². The molecule has 0 fully saturated rings. The molecule has 0 aliphatic carbocycles. The normalized spacial score (nSPS) is 11.8. The van der Waals surface area contributed by atoms with Crippen LogP contribution >= 0.6 is 0 Å². The molecule has 2 rings (SSSR count). The summed E-state index contributed by atoms with van der Waals surface area (Å²) in [5.41, 5.74) is 0. The minimum atomic E-state index is -0.689. The van der Waals surface area contributed by atoms with Crippen LogP contribution < -0.4 is 10.6 Å². The third-order valence-corrected chi connectivity index (χ3v) is 2.61. The molecule has 7 heteroatoms. The van der Waals surface area contributed by atoms with E-state index in [9.17, 15) is 9.59 Å². The highest BCUT2D eigenvalue weighted by Crippen LogP contribution is 2.16. The van der Waals surface area contributed by atoms with Crippen LogP contribution in [0.1, 0.15) is 11.8 Å². The van der Waals surface area contributed by atoms with Crippen LogP contribution in [0, 0.1) is 0 Å². The molecule has 1 unspecified atom stereocenters. The number of carbonyl (C=O) groups is 2. The van der Waals surface area contributed by atoms with Crippen LogP contribution in [0.3, 0.4) is 0 Å². The van der Waals surface area contributed by atoms with Crippen LogP contribution in [0.5, 0.6) is 0 Å². The molecule has 0 aromatic carbocycles. The van der Waals surface area contributed by atoms with Gasteiger partial charge in [-0.2, -0.15) is 5.10 Å². The first kappa shape index (κ1) is 12.9. The van der Waals surface area contributed by atoms with Crippen molar-refractivity contribution in [2.24, 2.45) is 0 Å². The van der Waals surface area contributed by atoms with Crippen molar-refractivity contribution >= 4 is 11.8 Å². The molecule has 2 aromatic rings. The number of hydrogen-bond donors (Lipinski definition) is 2. The van der Waals surface area contributed by atoms with E-state index in [1.807, 2.05) is 0 Å². The summed E-state index contributed by atoms with van der Waals surface area (Å²) in [6, 6.07) is 5.03. The number of rotatable bonds is 4. The molecule has 7 nitrogen and oxygen atoms in total.